The third-order valence-electron chi connectivity index (χ3n) is 4.27. The smallest absolute Gasteiger partial charge is 0.335 e. The van der Waals surface area contributed by atoms with Crippen LogP contribution in [0.25, 0.3) is 0 Å². The van der Waals surface area contributed by atoms with E-state index in [1.807, 2.05) is 49.4 Å². The van der Waals surface area contributed by atoms with E-state index in [0.29, 0.717) is 36.3 Å². The fraction of sp³-hybridized carbons (Fsp3) is 0.174. The molecule has 5 nitrogen and oxygen atoms in total. The maximum atomic E-state index is 11.1. The third-order valence-corrected chi connectivity index (χ3v) is 5.11. The Morgan fingerprint density at radius 2 is 1.83 bits per heavy atom. The van der Waals surface area contributed by atoms with Crippen molar-refractivity contribution in [2.45, 2.75) is 20.1 Å². The van der Waals surface area contributed by atoms with Crippen molar-refractivity contribution in [1.82, 2.24) is 0 Å². The maximum absolute atomic E-state index is 11.1. The SMILES string of the molecule is CCOc1cc(CNc2cccc(C(=O)O)c2)cc(Br)c1OCc1ccc(Cl)cc1. The number of rotatable bonds is 9. The molecule has 0 saturated carbocycles. The first-order valence-electron chi connectivity index (χ1n) is 9.36. The highest BCUT2D eigenvalue weighted by Gasteiger charge is 2.13. The van der Waals surface area contributed by atoms with Gasteiger partial charge in [0.2, 0.25) is 0 Å². The second kappa shape index (κ2) is 10.4. The van der Waals surface area contributed by atoms with E-state index in [2.05, 4.69) is 21.2 Å². The van der Waals surface area contributed by atoms with Gasteiger partial charge >= 0.3 is 5.97 Å². The average molecular weight is 491 g/mol. The van der Waals surface area contributed by atoms with Gasteiger partial charge in [0.15, 0.2) is 11.5 Å². The van der Waals surface area contributed by atoms with Crippen LogP contribution in [0.5, 0.6) is 11.5 Å². The standard InChI is InChI=1S/C23H21BrClNO4/c1-2-29-21-11-16(13-26-19-5-3-4-17(12-19)23(27)28)10-20(24)22(21)30-14-15-6-8-18(25)9-7-15/h3-12,26H,2,13-14H2,1H3,(H,27,28). The molecule has 3 aromatic carbocycles. The topological polar surface area (TPSA) is 67.8 Å². The van der Waals surface area contributed by atoms with Gasteiger partial charge in [-0.25, -0.2) is 4.79 Å². The van der Waals surface area contributed by atoms with Gasteiger partial charge in [-0.1, -0.05) is 29.8 Å². The Labute approximate surface area is 188 Å². The number of carboxylic acids is 1. The Hall–Kier alpha value is -2.70. The highest BCUT2D eigenvalue weighted by molar-refractivity contribution is 9.10. The summed E-state index contributed by atoms with van der Waals surface area (Å²) in [5.41, 5.74) is 2.93. The number of anilines is 1. The number of ether oxygens (including phenoxy) is 2. The second-order valence-corrected chi connectivity index (χ2v) is 7.78. The molecule has 0 atom stereocenters. The van der Waals surface area contributed by atoms with Crippen molar-refractivity contribution in [2.75, 3.05) is 11.9 Å². The second-order valence-electron chi connectivity index (χ2n) is 6.49. The molecule has 0 aliphatic heterocycles. The molecular formula is C23H21BrClNO4. The summed E-state index contributed by atoms with van der Waals surface area (Å²) in [5, 5.41) is 13.1. The summed E-state index contributed by atoms with van der Waals surface area (Å²) in [6.07, 6.45) is 0. The molecule has 2 N–H and O–H groups in total. The van der Waals surface area contributed by atoms with Crippen molar-refractivity contribution in [3.8, 4) is 11.5 Å². The van der Waals surface area contributed by atoms with Gasteiger partial charge < -0.3 is 19.9 Å². The van der Waals surface area contributed by atoms with Crippen LogP contribution in [-0.4, -0.2) is 17.7 Å². The van der Waals surface area contributed by atoms with E-state index in [0.717, 1.165) is 21.3 Å². The molecule has 3 aromatic rings. The third kappa shape index (κ3) is 5.90. The maximum Gasteiger partial charge on any atom is 0.335 e. The van der Waals surface area contributed by atoms with Crippen LogP contribution in [0, 0.1) is 0 Å². The van der Waals surface area contributed by atoms with Crippen LogP contribution in [0.1, 0.15) is 28.4 Å². The van der Waals surface area contributed by atoms with Crippen LogP contribution in [0.15, 0.2) is 65.1 Å². The van der Waals surface area contributed by atoms with E-state index in [1.54, 1.807) is 18.2 Å². The summed E-state index contributed by atoms with van der Waals surface area (Å²) in [6, 6.07) is 18.1. The number of halogens is 2. The number of benzene rings is 3. The van der Waals surface area contributed by atoms with Crippen molar-refractivity contribution in [1.29, 1.82) is 0 Å². The van der Waals surface area contributed by atoms with E-state index < -0.39 is 5.97 Å². The van der Waals surface area contributed by atoms with Crippen LogP contribution in [-0.2, 0) is 13.2 Å². The lowest BCUT2D eigenvalue weighted by Gasteiger charge is -2.16. The molecule has 0 saturated heterocycles. The average Bonchev–Trinajstić information content (AvgIpc) is 2.73. The first kappa shape index (κ1) is 22.0. The molecule has 7 heteroatoms. The Morgan fingerprint density at radius 3 is 2.53 bits per heavy atom. The van der Waals surface area contributed by atoms with Crippen molar-refractivity contribution in [3.05, 3.63) is 86.8 Å². The number of nitrogens with one attached hydrogen (secondary N) is 1. The first-order chi connectivity index (χ1) is 14.5. The zero-order chi connectivity index (χ0) is 21.5. The lowest BCUT2D eigenvalue weighted by molar-refractivity contribution is 0.0697. The summed E-state index contributed by atoms with van der Waals surface area (Å²) in [4.78, 5) is 11.1. The lowest BCUT2D eigenvalue weighted by atomic mass is 10.1. The van der Waals surface area contributed by atoms with Gasteiger partial charge in [0.25, 0.3) is 0 Å². The monoisotopic (exact) mass is 489 g/mol. The quantitative estimate of drug-likeness (QED) is 0.364. The zero-order valence-corrected chi connectivity index (χ0v) is 18.7. The van der Waals surface area contributed by atoms with Crippen LogP contribution in [0.2, 0.25) is 5.02 Å². The Bertz CT molecular complexity index is 1020. The number of carbonyl (C=O) groups is 1. The van der Waals surface area contributed by atoms with Crippen molar-refractivity contribution in [2.24, 2.45) is 0 Å². The molecule has 0 radical (unpaired) electrons. The molecule has 3 rings (SSSR count). The molecular weight excluding hydrogens is 470 g/mol. The van der Waals surface area contributed by atoms with Gasteiger partial charge in [-0.15, -0.1) is 0 Å². The predicted octanol–water partition coefficient (Wildman–Crippen LogP) is 6.39. The number of hydrogen-bond acceptors (Lipinski definition) is 4. The number of aromatic carboxylic acids is 1. The van der Waals surface area contributed by atoms with Gasteiger partial charge in [-0.3, -0.25) is 0 Å². The highest BCUT2D eigenvalue weighted by atomic mass is 79.9. The fourth-order valence-electron chi connectivity index (χ4n) is 2.83. The largest absolute Gasteiger partial charge is 0.490 e. The normalized spacial score (nSPS) is 10.5. The Balaban J connectivity index is 1.74. The summed E-state index contributed by atoms with van der Waals surface area (Å²) in [6.45, 7) is 3.30. The van der Waals surface area contributed by atoms with E-state index in [4.69, 9.17) is 26.2 Å². The van der Waals surface area contributed by atoms with Gasteiger partial charge in [-0.2, -0.15) is 0 Å². The molecule has 0 aromatic heterocycles. The van der Waals surface area contributed by atoms with E-state index >= 15 is 0 Å². The minimum Gasteiger partial charge on any atom is -0.490 e. The van der Waals surface area contributed by atoms with E-state index in [9.17, 15) is 4.79 Å². The molecule has 0 fully saturated rings. The van der Waals surface area contributed by atoms with Crippen LogP contribution < -0.4 is 14.8 Å². The Morgan fingerprint density at radius 1 is 1.07 bits per heavy atom. The van der Waals surface area contributed by atoms with Gasteiger partial charge in [0.05, 0.1) is 16.6 Å². The Kier molecular flexibility index (Phi) is 7.60. The van der Waals surface area contributed by atoms with E-state index in [1.165, 1.54) is 0 Å². The molecule has 0 aliphatic rings. The summed E-state index contributed by atoms with van der Waals surface area (Å²) in [5.74, 6) is 0.308. The minimum atomic E-state index is -0.956. The van der Waals surface area contributed by atoms with Crippen LogP contribution in [0.4, 0.5) is 5.69 Å². The molecule has 0 amide bonds. The van der Waals surface area contributed by atoms with Crippen LogP contribution in [0.3, 0.4) is 0 Å². The molecule has 30 heavy (non-hydrogen) atoms. The van der Waals surface area contributed by atoms with Crippen molar-refractivity contribution >= 4 is 39.2 Å². The molecule has 0 heterocycles. The highest BCUT2D eigenvalue weighted by Crippen LogP contribution is 2.37. The molecule has 0 aliphatic carbocycles. The van der Waals surface area contributed by atoms with Gasteiger partial charge in [0, 0.05) is 17.3 Å². The minimum absolute atomic E-state index is 0.238. The molecule has 156 valence electrons. The fourth-order valence-corrected chi connectivity index (χ4v) is 3.56. The number of hydrogen-bond donors (Lipinski definition) is 2. The number of carboxylic acid groups (broad SMARTS) is 1. The predicted molar refractivity (Wildman–Crippen MR) is 122 cm³/mol. The summed E-state index contributed by atoms with van der Waals surface area (Å²) in [7, 11) is 0. The van der Waals surface area contributed by atoms with E-state index in [-0.39, 0.29) is 5.56 Å². The molecule has 0 unspecified atom stereocenters. The molecule has 0 bridgehead atoms. The van der Waals surface area contributed by atoms with Gasteiger partial charge in [0.1, 0.15) is 6.61 Å². The lowest BCUT2D eigenvalue weighted by Crippen LogP contribution is -2.05. The van der Waals surface area contributed by atoms with Gasteiger partial charge in [-0.05, 0) is 76.4 Å². The van der Waals surface area contributed by atoms with Crippen LogP contribution >= 0.6 is 27.5 Å². The first-order valence-corrected chi connectivity index (χ1v) is 10.5. The van der Waals surface area contributed by atoms with Crippen molar-refractivity contribution in [3.63, 3.8) is 0 Å². The summed E-state index contributed by atoms with van der Waals surface area (Å²) < 4.78 is 12.6. The zero-order valence-electron chi connectivity index (χ0n) is 16.3. The summed E-state index contributed by atoms with van der Waals surface area (Å²) >= 11 is 9.51. The van der Waals surface area contributed by atoms with Crippen molar-refractivity contribution < 1.29 is 19.4 Å². The molecule has 0 spiro atoms.